The summed E-state index contributed by atoms with van der Waals surface area (Å²) in [5.41, 5.74) is 4.62. The van der Waals surface area contributed by atoms with Gasteiger partial charge in [-0.05, 0) is 23.1 Å². The number of fused-ring (bicyclic) bond motifs is 3. The summed E-state index contributed by atoms with van der Waals surface area (Å²) in [6.07, 6.45) is 1.84. The van der Waals surface area contributed by atoms with Gasteiger partial charge >= 0.3 is 17.9 Å². The van der Waals surface area contributed by atoms with Crippen molar-refractivity contribution in [1.82, 2.24) is 35.0 Å². The first-order chi connectivity index (χ1) is 23.0. The van der Waals surface area contributed by atoms with Gasteiger partial charge < -0.3 is 25.1 Å². The molecule has 4 rings (SSSR count). The molecule has 2 aromatic carbocycles. The molecule has 15 nitrogen and oxygen atoms in total. The van der Waals surface area contributed by atoms with E-state index in [0.29, 0.717) is 58.9 Å². The molecule has 3 aromatic rings. The number of benzene rings is 2. The Morgan fingerprint density at radius 2 is 1.27 bits per heavy atom. The van der Waals surface area contributed by atoms with Crippen molar-refractivity contribution in [3.05, 3.63) is 54.2 Å². The predicted molar refractivity (Wildman–Crippen MR) is 178 cm³/mol. The number of aliphatic carboxylic acids is 3. The van der Waals surface area contributed by atoms with Crippen molar-refractivity contribution in [2.45, 2.75) is 6.04 Å². The van der Waals surface area contributed by atoms with Crippen LogP contribution in [0.5, 0.6) is 0 Å². The largest absolute Gasteiger partial charge is 0.480 e. The van der Waals surface area contributed by atoms with Gasteiger partial charge in [0.1, 0.15) is 0 Å². The summed E-state index contributed by atoms with van der Waals surface area (Å²) in [4.78, 5) is 67.2. The minimum absolute atomic E-state index is 0. The molecule has 1 amide bonds. The van der Waals surface area contributed by atoms with E-state index in [1.54, 1.807) is 26.6 Å². The zero-order valence-electron chi connectivity index (χ0n) is 27.8. The Morgan fingerprint density at radius 1 is 0.776 bits per heavy atom. The maximum Gasteiger partial charge on any atom is 0.317 e. The van der Waals surface area contributed by atoms with E-state index in [1.165, 1.54) is 7.11 Å². The molecule has 0 spiro atoms. The van der Waals surface area contributed by atoms with Crippen LogP contribution in [0.3, 0.4) is 0 Å². The van der Waals surface area contributed by atoms with Crippen molar-refractivity contribution < 1.29 is 88.7 Å². The van der Waals surface area contributed by atoms with Crippen LogP contribution in [-0.2, 0) is 24.0 Å². The molecule has 0 bridgehead atoms. The third-order valence-electron chi connectivity index (χ3n) is 8.65. The summed E-state index contributed by atoms with van der Waals surface area (Å²) in [7, 11) is 3.25. The maximum absolute atomic E-state index is 13.9. The predicted octanol–water partition coefficient (Wildman–Crippen LogP) is 0.514. The second-order valence-electron chi connectivity index (χ2n) is 12.0. The molecule has 267 valence electrons. The summed E-state index contributed by atoms with van der Waals surface area (Å²) in [5.74, 6) is -3.20. The maximum atomic E-state index is 13.9. The van der Waals surface area contributed by atoms with Gasteiger partial charge in [0.2, 0.25) is 5.91 Å². The summed E-state index contributed by atoms with van der Waals surface area (Å²) in [6, 6.07) is 13.5. The molecular weight excluding hydrogens is 774 g/mol. The van der Waals surface area contributed by atoms with Gasteiger partial charge in [-0.25, -0.2) is 5.48 Å². The van der Waals surface area contributed by atoms with E-state index in [2.05, 4.69) is 10.5 Å². The van der Waals surface area contributed by atoms with Crippen LogP contribution < -0.4 is 5.48 Å². The molecule has 1 aromatic heterocycles. The molecule has 0 saturated carbocycles. The normalized spacial score (nSPS) is 16.7. The Bertz CT molecular complexity index is 1550. The Balaban J connectivity index is 0.00000650. The molecule has 1 atom stereocenters. The van der Waals surface area contributed by atoms with Crippen molar-refractivity contribution >= 4 is 45.5 Å². The molecular formula is C33H45EuN7O8. The first-order valence-corrected chi connectivity index (χ1v) is 15.9. The number of carboxylic acid groups (broad SMARTS) is 3. The van der Waals surface area contributed by atoms with Crippen molar-refractivity contribution in [3.63, 3.8) is 0 Å². The van der Waals surface area contributed by atoms with Crippen molar-refractivity contribution in [2.75, 3.05) is 99.2 Å². The molecule has 1 radical (unpaired) electrons. The van der Waals surface area contributed by atoms with Gasteiger partial charge in [0, 0.05) is 132 Å². The summed E-state index contributed by atoms with van der Waals surface area (Å²) >= 11 is 0. The number of likely N-dealkylation sites (N-methyl/N-ethyl adjacent to an activating group) is 1. The minimum atomic E-state index is -1.02. The van der Waals surface area contributed by atoms with E-state index < -0.39 is 23.9 Å². The van der Waals surface area contributed by atoms with Crippen LogP contribution in [0.25, 0.3) is 21.7 Å². The standard InChI is InChI=1S/C33H45N7O8.Eu/c1-36(29(19-35-48-2)24-7-8-28-27(17-24)26-6-4-3-5-25(26)18-34-28)30(41)20-37-9-11-38(21-31(42)43)13-15-40(23-33(46)47)16-14-39(12-10-37)22-32(44)45;/h3-8,17-18,29,35H,9-16,19-23H2,1-2H3,(H,42,43)(H,44,45)(H,46,47);. The number of carbonyl (C=O) groups excluding carboxylic acids is 1. The SMILES string of the molecule is CONCC(c1ccc2ncc3ccccc3c2c1)N(C)C(=O)CN1CCN(CC(=O)O)CCN(CC(=O)O)CCN(CC(=O)O)CC1.[Eu]. The Labute approximate surface area is 326 Å². The summed E-state index contributed by atoms with van der Waals surface area (Å²) in [5, 5.41) is 31.5. The third kappa shape index (κ3) is 12.6. The second kappa shape index (κ2) is 20.3. The number of hydrogen-bond donors (Lipinski definition) is 4. The van der Waals surface area contributed by atoms with Crippen LogP contribution in [-0.4, -0.2) is 168 Å². The van der Waals surface area contributed by atoms with E-state index in [1.807, 2.05) is 53.6 Å². The number of aromatic nitrogens is 1. The number of pyridine rings is 1. The van der Waals surface area contributed by atoms with Crippen molar-refractivity contribution in [3.8, 4) is 0 Å². The van der Waals surface area contributed by atoms with E-state index in [-0.39, 0.29) is 81.5 Å². The van der Waals surface area contributed by atoms with Gasteiger partial charge in [-0.1, -0.05) is 30.3 Å². The van der Waals surface area contributed by atoms with Gasteiger partial charge in [0.15, 0.2) is 0 Å². The molecule has 1 saturated heterocycles. The van der Waals surface area contributed by atoms with E-state index in [9.17, 15) is 34.5 Å². The average molecular weight is 820 g/mol. The molecule has 0 aliphatic carbocycles. The molecule has 16 heteroatoms. The van der Waals surface area contributed by atoms with Crippen LogP contribution >= 0.6 is 0 Å². The number of amides is 1. The van der Waals surface area contributed by atoms with Gasteiger partial charge in [-0.2, -0.15) is 0 Å². The number of nitrogens with zero attached hydrogens (tertiary/aromatic N) is 6. The van der Waals surface area contributed by atoms with E-state index in [4.69, 9.17) is 4.84 Å². The van der Waals surface area contributed by atoms with Gasteiger partial charge in [-0.3, -0.25) is 43.8 Å². The van der Waals surface area contributed by atoms with Gasteiger partial charge in [0.25, 0.3) is 0 Å². The van der Waals surface area contributed by atoms with E-state index in [0.717, 1.165) is 27.2 Å². The van der Waals surface area contributed by atoms with Gasteiger partial charge in [0.05, 0.1) is 44.8 Å². The molecule has 49 heavy (non-hydrogen) atoms. The smallest absolute Gasteiger partial charge is 0.317 e. The molecule has 1 aliphatic heterocycles. The third-order valence-corrected chi connectivity index (χ3v) is 8.65. The first kappa shape index (κ1) is 40.8. The summed E-state index contributed by atoms with van der Waals surface area (Å²) in [6.45, 7) is 2.17. The molecule has 1 unspecified atom stereocenters. The molecule has 4 N–H and O–H groups in total. The number of rotatable bonds is 13. The van der Waals surface area contributed by atoms with Gasteiger partial charge in [-0.15, -0.1) is 0 Å². The van der Waals surface area contributed by atoms with Crippen molar-refractivity contribution in [1.29, 1.82) is 0 Å². The average Bonchev–Trinajstić information content (AvgIpc) is 3.05. The van der Waals surface area contributed by atoms with Crippen LogP contribution in [0.1, 0.15) is 11.6 Å². The first-order valence-electron chi connectivity index (χ1n) is 15.9. The zero-order chi connectivity index (χ0) is 34.6. The number of hydrogen-bond acceptors (Lipinski definition) is 11. The number of hydroxylamine groups is 1. The Kier molecular flexibility index (Phi) is 16.8. The Hall–Kier alpha value is -2.67. The van der Waals surface area contributed by atoms with E-state index >= 15 is 0 Å². The summed E-state index contributed by atoms with van der Waals surface area (Å²) < 4.78 is 0. The fourth-order valence-corrected chi connectivity index (χ4v) is 5.99. The quantitative estimate of drug-likeness (QED) is 0.139. The fraction of sp³-hybridized carbons (Fsp3) is 0.485. The van der Waals surface area contributed by atoms with Crippen LogP contribution in [0.4, 0.5) is 0 Å². The van der Waals surface area contributed by atoms with Crippen LogP contribution in [0.2, 0.25) is 0 Å². The number of carbonyl (C=O) groups is 4. The monoisotopic (exact) mass is 820 g/mol. The van der Waals surface area contributed by atoms with Crippen LogP contribution in [0.15, 0.2) is 48.7 Å². The number of carboxylic acids is 3. The Morgan fingerprint density at radius 3 is 1.76 bits per heavy atom. The molecule has 1 aliphatic rings. The second-order valence-corrected chi connectivity index (χ2v) is 12.0. The fourth-order valence-electron chi connectivity index (χ4n) is 5.99. The van der Waals surface area contributed by atoms with Crippen LogP contribution in [0, 0.1) is 49.4 Å². The molecule has 2 heterocycles. The number of nitrogens with one attached hydrogen (secondary N) is 1. The minimum Gasteiger partial charge on any atom is -0.480 e. The molecule has 1 fully saturated rings. The van der Waals surface area contributed by atoms with Crippen molar-refractivity contribution in [2.24, 2.45) is 0 Å². The topological polar surface area (TPSA) is 179 Å². The zero-order valence-corrected chi connectivity index (χ0v) is 30.3.